The number of nitrogens with zero attached hydrogens (tertiary/aromatic N) is 5. The number of pyridine rings is 1. The minimum Gasteiger partial charge on any atom is -0.477 e. The highest BCUT2D eigenvalue weighted by molar-refractivity contribution is 5.13. The lowest BCUT2D eigenvalue weighted by atomic mass is 10.2. The fraction of sp³-hybridized carbons (Fsp3) is 0.421. The van der Waals surface area contributed by atoms with Gasteiger partial charge >= 0.3 is 0 Å². The van der Waals surface area contributed by atoms with Crippen molar-refractivity contribution in [3.8, 4) is 5.88 Å². The molecular weight excluding hydrogens is 330 g/mol. The van der Waals surface area contributed by atoms with Gasteiger partial charge in [0.2, 0.25) is 5.88 Å². The summed E-state index contributed by atoms with van der Waals surface area (Å²) in [6.07, 6.45) is 4.53. The molecule has 0 bridgehead atoms. The van der Waals surface area contributed by atoms with Gasteiger partial charge in [0.1, 0.15) is 11.6 Å². The molecule has 1 unspecified atom stereocenters. The molecule has 0 amide bonds. The number of hydrogen-bond acceptors (Lipinski definition) is 6. The summed E-state index contributed by atoms with van der Waals surface area (Å²) in [5.41, 5.74) is 2.18. The zero-order chi connectivity index (χ0) is 17.9. The van der Waals surface area contributed by atoms with E-state index in [1.165, 1.54) is 5.69 Å². The van der Waals surface area contributed by atoms with Gasteiger partial charge in [0.05, 0.1) is 18.3 Å². The van der Waals surface area contributed by atoms with E-state index in [0.717, 1.165) is 43.3 Å². The molecule has 0 radical (unpaired) electrons. The first-order chi connectivity index (χ1) is 12.7. The average molecular weight is 353 g/mol. The zero-order valence-electron chi connectivity index (χ0n) is 15.1. The van der Waals surface area contributed by atoms with Crippen molar-refractivity contribution in [3.05, 3.63) is 59.6 Å². The molecule has 7 nitrogen and oxygen atoms in total. The Hall–Kier alpha value is -2.67. The molecule has 136 valence electrons. The molecule has 1 aliphatic heterocycles. The summed E-state index contributed by atoms with van der Waals surface area (Å²) in [7, 11) is 0. The van der Waals surface area contributed by atoms with Crippen molar-refractivity contribution in [1.29, 1.82) is 0 Å². The fourth-order valence-electron chi connectivity index (χ4n) is 3.41. The van der Waals surface area contributed by atoms with E-state index in [1.807, 2.05) is 37.4 Å². The minimum atomic E-state index is 0.242. The maximum Gasteiger partial charge on any atom is 0.213 e. The van der Waals surface area contributed by atoms with Crippen LogP contribution in [0.25, 0.3) is 0 Å². The Bertz CT molecular complexity index is 858. The summed E-state index contributed by atoms with van der Waals surface area (Å²) >= 11 is 0. The van der Waals surface area contributed by atoms with Crippen molar-refractivity contribution >= 4 is 0 Å². The topological polar surface area (TPSA) is 69.2 Å². The molecule has 0 N–H and O–H groups in total. The van der Waals surface area contributed by atoms with Crippen LogP contribution in [-0.2, 0) is 19.5 Å². The van der Waals surface area contributed by atoms with Crippen LogP contribution in [0, 0.1) is 6.92 Å². The molecule has 26 heavy (non-hydrogen) atoms. The molecule has 0 fully saturated rings. The van der Waals surface area contributed by atoms with E-state index in [-0.39, 0.29) is 6.04 Å². The molecule has 3 aromatic rings. The zero-order valence-corrected chi connectivity index (χ0v) is 15.1. The third-order valence-electron chi connectivity index (χ3n) is 4.79. The second-order valence-corrected chi connectivity index (χ2v) is 6.60. The van der Waals surface area contributed by atoms with Crippen LogP contribution in [0.4, 0.5) is 0 Å². The predicted octanol–water partition coefficient (Wildman–Crippen LogP) is 2.77. The Balaban J connectivity index is 1.39. The van der Waals surface area contributed by atoms with Crippen LogP contribution in [0.3, 0.4) is 0 Å². The van der Waals surface area contributed by atoms with Crippen LogP contribution in [0.15, 0.2) is 41.2 Å². The van der Waals surface area contributed by atoms with Crippen LogP contribution < -0.4 is 4.74 Å². The standard InChI is InChI=1S/C19H23N5O2/c1-14-11-16(22-26-14)13-23-8-9-24-17(12-21-19(24)15(23)2)6-10-25-18-5-3-4-7-20-18/h3-5,7,11-12,15H,6,8-10,13H2,1-2H3. The van der Waals surface area contributed by atoms with Gasteiger partial charge in [0, 0.05) is 56.3 Å². The smallest absolute Gasteiger partial charge is 0.213 e. The predicted molar refractivity (Wildman–Crippen MR) is 95.7 cm³/mol. The summed E-state index contributed by atoms with van der Waals surface area (Å²) in [6, 6.07) is 7.92. The van der Waals surface area contributed by atoms with Gasteiger partial charge in [0.25, 0.3) is 0 Å². The maximum atomic E-state index is 5.72. The Morgan fingerprint density at radius 2 is 2.19 bits per heavy atom. The Morgan fingerprint density at radius 3 is 2.96 bits per heavy atom. The third-order valence-corrected chi connectivity index (χ3v) is 4.79. The summed E-state index contributed by atoms with van der Waals surface area (Å²) in [5.74, 6) is 2.61. The third kappa shape index (κ3) is 3.48. The highest BCUT2D eigenvalue weighted by Gasteiger charge is 2.27. The van der Waals surface area contributed by atoms with E-state index < -0.39 is 0 Å². The fourth-order valence-corrected chi connectivity index (χ4v) is 3.41. The number of aryl methyl sites for hydroxylation is 1. The molecule has 1 atom stereocenters. The molecule has 3 aromatic heterocycles. The number of rotatable bonds is 6. The first-order valence-corrected chi connectivity index (χ1v) is 8.95. The van der Waals surface area contributed by atoms with Gasteiger partial charge in [-0.2, -0.15) is 0 Å². The van der Waals surface area contributed by atoms with Crippen molar-refractivity contribution in [2.24, 2.45) is 0 Å². The van der Waals surface area contributed by atoms with E-state index in [2.05, 4.69) is 31.5 Å². The van der Waals surface area contributed by atoms with Crippen molar-refractivity contribution in [1.82, 2.24) is 24.6 Å². The van der Waals surface area contributed by atoms with Gasteiger partial charge < -0.3 is 13.8 Å². The molecule has 1 aliphatic rings. The molecule has 0 aliphatic carbocycles. The Morgan fingerprint density at radius 1 is 1.27 bits per heavy atom. The lowest BCUT2D eigenvalue weighted by molar-refractivity contribution is 0.150. The van der Waals surface area contributed by atoms with E-state index in [4.69, 9.17) is 9.26 Å². The van der Waals surface area contributed by atoms with E-state index in [1.54, 1.807) is 6.20 Å². The van der Waals surface area contributed by atoms with E-state index in [0.29, 0.717) is 12.5 Å². The minimum absolute atomic E-state index is 0.242. The normalized spacial score (nSPS) is 17.2. The Labute approximate surface area is 152 Å². The molecule has 0 saturated carbocycles. The molecule has 4 heterocycles. The van der Waals surface area contributed by atoms with E-state index in [9.17, 15) is 0 Å². The first-order valence-electron chi connectivity index (χ1n) is 8.95. The molecule has 0 saturated heterocycles. The monoisotopic (exact) mass is 353 g/mol. The number of hydrogen-bond donors (Lipinski definition) is 0. The van der Waals surface area contributed by atoms with Crippen LogP contribution in [0.2, 0.25) is 0 Å². The number of aromatic nitrogens is 4. The van der Waals surface area contributed by atoms with Crippen LogP contribution in [0.5, 0.6) is 5.88 Å². The summed E-state index contributed by atoms with van der Waals surface area (Å²) in [5, 5.41) is 4.11. The van der Waals surface area contributed by atoms with Crippen molar-refractivity contribution in [2.75, 3.05) is 13.2 Å². The van der Waals surface area contributed by atoms with Crippen molar-refractivity contribution in [2.45, 2.75) is 39.4 Å². The summed E-state index contributed by atoms with van der Waals surface area (Å²) in [6.45, 7) is 7.38. The van der Waals surface area contributed by atoms with Crippen LogP contribution >= 0.6 is 0 Å². The summed E-state index contributed by atoms with van der Waals surface area (Å²) < 4.78 is 13.2. The van der Waals surface area contributed by atoms with Gasteiger partial charge in [-0.15, -0.1) is 0 Å². The summed E-state index contributed by atoms with van der Waals surface area (Å²) in [4.78, 5) is 11.2. The van der Waals surface area contributed by atoms with Gasteiger partial charge in [-0.3, -0.25) is 4.90 Å². The quantitative estimate of drug-likeness (QED) is 0.679. The lowest BCUT2D eigenvalue weighted by Gasteiger charge is -2.33. The first kappa shape index (κ1) is 16.8. The largest absolute Gasteiger partial charge is 0.477 e. The van der Waals surface area contributed by atoms with Crippen molar-refractivity contribution < 1.29 is 9.26 Å². The Kier molecular flexibility index (Phi) is 4.71. The van der Waals surface area contributed by atoms with Gasteiger partial charge in [-0.1, -0.05) is 11.2 Å². The molecular formula is C19H23N5O2. The van der Waals surface area contributed by atoms with Crippen LogP contribution in [-0.4, -0.2) is 37.7 Å². The van der Waals surface area contributed by atoms with Gasteiger partial charge in [-0.25, -0.2) is 9.97 Å². The molecule has 4 rings (SSSR count). The van der Waals surface area contributed by atoms with Gasteiger partial charge in [0.15, 0.2) is 0 Å². The highest BCUT2D eigenvalue weighted by Crippen LogP contribution is 2.27. The number of fused-ring (bicyclic) bond motifs is 1. The molecule has 0 spiro atoms. The SMILES string of the molecule is Cc1cc(CN2CCn3c(CCOc4ccccn4)cnc3C2C)no1. The second-order valence-electron chi connectivity index (χ2n) is 6.60. The lowest BCUT2D eigenvalue weighted by Crippen LogP contribution is -2.37. The van der Waals surface area contributed by atoms with Crippen molar-refractivity contribution in [3.63, 3.8) is 0 Å². The van der Waals surface area contributed by atoms with E-state index >= 15 is 0 Å². The van der Waals surface area contributed by atoms with Crippen LogP contribution in [0.1, 0.15) is 35.9 Å². The van der Waals surface area contributed by atoms with Gasteiger partial charge in [-0.05, 0) is 19.9 Å². The average Bonchev–Trinajstić information content (AvgIpc) is 3.25. The number of ether oxygens (including phenoxy) is 1. The number of imidazole rings is 1. The second kappa shape index (κ2) is 7.29. The highest BCUT2D eigenvalue weighted by atomic mass is 16.5. The molecule has 0 aromatic carbocycles. The molecule has 7 heteroatoms. The maximum absolute atomic E-state index is 5.72.